The molecule has 1 aromatic heterocycles. The lowest BCUT2D eigenvalue weighted by Gasteiger charge is -2.26. The summed E-state index contributed by atoms with van der Waals surface area (Å²) >= 11 is 0. The number of hydrogen-bond acceptors (Lipinski definition) is 6. The quantitative estimate of drug-likeness (QED) is 0.876. The maximum absolute atomic E-state index is 12.8. The van der Waals surface area contributed by atoms with Gasteiger partial charge < -0.3 is 9.64 Å². The Morgan fingerprint density at radius 2 is 2.08 bits per heavy atom. The van der Waals surface area contributed by atoms with E-state index < -0.39 is 0 Å². The second kappa shape index (κ2) is 7.39. The van der Waals surface area contributed by atoms with Gasteiger partial charge in [0.15, 0.2) is 5.82 Å². The Morgan fingerprint density at radius 1 is 1.23 bits per heavy atom. The second-order valence-corrected chi connectivity index (χ2v) is 6.72. The minimum absolute atomic E-state index is 0.0945. The Hall–Kier alpha value is -2.51. The Kier molecular flexibility index (Phi) is 4.81. The highest BCUT2D eigenvalue weighted by molar-refractivity contribution is 5.82. The van der Waals surface area contributed by atoms with Crippen molar-refractivity contribution >= 4 is 5.91 Å². The van der Waals surface area contributed by atoms with E-state index in [0.717, 1.165) is 43.8 Å². The lowest BCUT2D eigenvalue weighted by atomic mass is 10.1. The summed E-state index contributed by atoms with van der Waals surface area (Å²) in [6.07, 6.45) is 2.64. The summed E-state index contributed by atoms with van der Waals surface area (Å²) in [5.74, 6) is 2.02. The monoisotopic (exact) mass is 353 g/mol. The number of nitrogens with zero attached hydrogens (tertiary/aromatic N) is 3. The fraction of sp³-hybridized carbons (Fsp3) is 0.421. The second-order valence-electron chi connectivity index (χ2n) is 6.72. The van der Waals surface area contributed by atoms with Gasteiger partial charge in [-0.15, -0.1) is 0 Å². The molecule has 26 heavy (non-hydrogen) atoms. The van der Waals surface area contributed by atoms with E-state index in [1.165, 1.54) is 0 Å². The Labute approximate surface area is 152 Å². The van der Waals surface area contributed by atoms with Crippen molar-refractivity contribution in [2.45, 2.75) is 38.3 Å². The summed E-state index contributed by atoms with van der Waals surface area (Å²) < 4.78 is 5.88. The van der Waals surface area contributed by atoms with Crippen LogP contribution in [0.15, 0.2) is 36.4 Å². The van der Waals surface area contributed by atoms with Crippen LogP contribution in [0.25, 0.3) is 0 Å². The lowest BCUT2D eigenvalue weighted by molar-refractivity contribution is -0.134. The zero-order valence-electron chi connectivity index (χ0n) is 14.8. The van der Waals surface area contributed by atoms with Crippen LogP contribution in [-0.2, 0) is 4.79 Å². The topological polar surface area (TPSA) is 79.4 Å². The Morgan fingerprint density at radius 3 is 2.85 bits per heavy atom. The number of carbonyl (C=O) groups excluding carboxylic acids is 1. The van der Waals surface area contributed by atoms with E-state index in [9.17, 15) is 4.79 Å². The normalized spacial score (nSPS) is 22.6. The molecule has 0 saturated carbocycles. The number of hydrazine groups is 1. The van der Waals surface area contributed by atoms with Crippen LogP contribution in [0.5, 0.6) is 11.6 Å². The van der Waals surface area contributed by atoms with E-state index in [4.69, 9.17) is 4.74 Å². The molecule has 0 aliphatic carbocycles. The van der Waals surface area contributed by atoms with Crippen LogP contribution < -0.4 is 15.6 Å². The number of carbonyl (C=O) groups is 1. The lowest BCUT2D eigenvalue weighted by Crippen LogP contribution is -2.45. The van der Waals surface area contributed by atoms with Crippen molar-refractivity contribution < 1.29 is 9.53 Å². The number of likely N-dealkylation sites (tertiary alicyclic amines) is 1. The molecule has 2 fully saturated rings. The zero-order chi connectivity index (χ0) is 17.9. The van der Waals surface area contributed by atoms with Crippen molar-refractivity contribution in [1.82, 2.24) is 25.7 Å². The van der Waals surface area contributed by atoms with Crippen molar-refractivity contribution in [1.29, 1.82) is 0 Å². The van der Waals surface area contributed by atoms with Crippen LogP contribution in [0.3, 0.4) is 0 Å². The number of amides is 1. The van der Waals surface area contributed by atoms with Gasteiger partial charge in [0.1, 0.15) is 11.8 Å². The van der Waals surface area contributed by atoms with Crippen LogP contribution in [0.2, 0.25) is 0 Å². The van der Waals surface area contributed by atoms with Crippen molar-refractivity contribution in [2.75, 3.05) is 13.1 Å². The zero-order valence-corrected chi connectivity index (χ0v) is 14.8. The Balaban J connectivity index is 1.57. The number of hydrogen-bond donors (Lipinski definition) is 2. The summed E-state index contributed by atoms with van der Waals surface area (Å²) in [6.45, 7) is 3.48. The fourth-order valence-corrected chi connectivity index (χ4v) is 3.54. The fourth-order valence-electron chi connectivity index (χ4n) is 3.54. The number of aryl methyl sites for hydroxylation is 1. The molecule has 0 spiro atoms. The molecule has 0 bridgehead atoms. The third-order valence-corrected chi connectivity index (χ3v) is 4.78. The molecular weight excluding hydrogens is 330 g/mol. The largest absolute Gasteiger partial charge is 0.439 e. The molecular formula is C19H23N5O2. The maximum atomic E-state index is 12.8. The van der Waals surface area contributed by atoms with Gasteiger partial charge in [0.25, 0.3) is 0 Å². The first-order chi connectivity index (χ1) is 12.7. The van der Waals surface area contributed by atoms with Gasteiger partial charge in [0.05, 0.1) is 6.04 Å². The number of ether oxygens (including phenoxy) is 1. The van der Waals surface area contributed by atoms with E-state index in [2.05, 4.69) is 20.8 Å². The molecule has 2 aliphatic heterocycles. The van der Waals surface area contributed by atoms with Gasteiger partial charge in [-0.3, -0.25) is 10.2 Å². The third kappa shape index (κ3) is 3.54. The molecule has 7 heteroatoms. The molecule has 0 radical (unpaired) electrons. The number of nitrogens with one attached hydrogen (secondary N) is 2. The molecule has 2 unspecified atom stereocenters. The predicted molar refractivity (Wildman–Crippen MR) is 96.5 cm³/mol. The summed E-state index contributed by atoms with van der Waals surface area (Å²) in [5.41, 5.74) is 6.92. The van der Waals surface area contributed by atoms with Gasteiger partial charge in [-0.25, -0.2) is 10.4 Å². The highest BCUT2D eigenvalue weighted by Crippen LogP contribution is 2.32. The van der Waals surface area contributed by atoms with Crippen LogP contribution in [0, 0.1) is 6.92 Å². The van der Waals surface area contributed by atoms with Crippen LogP contribution in [-0.4, -0.2) is 39.9 Å². The van der Waals surface area contributed by atoms with Crippen LogP contribution >= 0.6 is 0 Å². The molecule has 7 nitrogen and oxygen atoms in total. The summed E-state index contributed by atoms with van der Waals surface area (Å²) in [6, 6.07) is 11.1. The molecule has 3 heterocycles. The summed E-state index contributed by atoms with van der Waals surface area (Å²) in [5, 5.41) is 0. The van der Waals surface area contributed by atoms with Crippen LogP contribution in [0.4, 0.5) is 0 Å². The SMILES string of the molecule is Cc1cc(Oc2ccccc2)nc(C2CCCN2C(=O)C2CCNN2)n1. The smallest absolute Gasteiger partial charge is 0.241 e. The first-order valence-electron chi connectivity index (χ1n) is 9.08. The minimum Gasteiger partial charge on any atom is -0.439 e. The predicted octanol–water partition coefficient (Wildman–Crippen LogP) is 2.11. The van der Waals surface area contributed by atoms with Gasteiger partial charge in [0, 0.05) is 24.8 Å². The molecule has 2 saturated heterocycles. The standard InChI is InChI=1S/C19H23N5O2/c1-13-12-17(26-14-6-3-2-4-7-14)22-18(21-13)16-8-5-11-24(16)19(25)15-9-10-20-23-15/h2-4,6-7,12,15-16,20,23H,5,8-11H2,1H3. The highest BCUT2D eigenvalue weighted by Gasteiger charge is 2.36. The van der Waals surface area contributed by atoms with E-state index >= 15 is 0 Å². The first-order valence-corrected chi connectivity index (χ1v) is 9.08. The van der Waals surface area contributed by atoms with E-state index in [0.29, 0.717) is 11.7 Å². The van der Waals surface area contributed by atoms with E-state index in [1.54, 1.807) is 0 Å². The van der Waals surface area contributed by atoms with E-state index in [1.807, 2.05) is 48.2 Å². The average Bonchev–Trinajstić information content (AvgIpc) is 3.33. The molecule has 2 aromatic rings. The van der Waals surface area contributed by atoms with Gasteiger partial charge >= 0.3 is 0 Å². The van der Waals surface area contributed by atoms with Crippen LogP contribution in [0.1, 0.15) is 36.8 Å². The summed E-state index contributed by atoms with van der Waals surface area (Å²) in [7, 11) is 0. The first kappa shape index (κ1) is 16.9. The maximum Gasteiger partial charge on any atom is 0.241 e. The highest BCUT2D eigenvalue weighted by atomic mass is 16.5. The van der Waals surface area contributed by atoms with Gasteiger partial charge in [-0.2, -0.15) is 4.98 Å². The molecule has 2 N–H and O–H groups in total. The average molecular weight is 353 g/mol. The molecule has 1 aromatic carbocycles. The molecule has 2 aliphatic rings. The number of aromatic nitrogens is 2. The molecule has 2 atom stereocenters. The number of para-hydroxylation sites is 1. The van der Waals surface area contributed by atoms with Crippen molar-refractivity contribution in [3.63, 3.8) is 0 Å². The van der Waals surface area contributed by atoms with Gasteiger partial charge in [0.2, 0.25) is 11.8 Å². The van der Waals surface area contributed by atoms with Crippen molar-refractivity contribution in [3.8, 4) is 11.6 Å². The number of rotatable bonds is 4. The third-order valence-electron chi connectivity index (χ3n) is 4.78. The molecule has 4 rings (SSSR count). The van der Waals surface area contributed by atoms with E-state index in [-0.39, 0.29) is 18.0 Å². The van der Waals surface area contributed by atoms with Crippen molar-refractivity contribution in [2.24, 2.45) is 0 Å². The van der Waals surface area contributed by atoms with Crippen molar-refractivity contribution in [3.05, 3.63) is 47.9 Å². The van der Waals surface area contributed by atoms with Gasteiger partial charge in [-0.1, -0.05) is 18.2 Å². The van der Waals surface area contributed by atoms with Gasteiger partial charge in [-0.05, 0) is 38.3 Å². The minimum atomic E-state index is -0.166. The Bertz CT molecular complexity index is 777. The number of benzene rings is 1. The summed E-state index contributed by atoms with van der Waals surface area (Å²) in [4.78, 5) is 23.9. The molecule has 1 amide bonds. The molecule has 136 valence electrons.